The van der Waals surface area contributed by atoms with Gasteiger partial charge in [-0.3, -0.25) is 4.79 Å². The SMILES string of the molecule is Cc1ccccc1C=CC(O)CC(=O)O. The zero-order valence-electron chi connectivity index (χ0n) is 8.55. The topological polar surface area (TPSA) is 57.5 Å². The van der Waals surface area contributed by atoms with Crippen molar-refractivity contribution in [2.45, 2.75) is 19.4 Å². The van der Waals surface area contributed by atoms with Crippen LogP contribution in [0.15, 0.2) is 30.3 Å². The molecule has 0 radical (unpaired) electrons. The summed E-state index contributed by atoms with van der Waals surface area (Å²) >= 11 is 0. The van der Waals surface area contributed by atoms with Crippen molar-refractivity contribution >= 4 is 12.0 Å². The number of aliphatic carboxylic acids is 1. The van der Waals surface area contributed by atoms with Crippen molar-refractivity contribution in [1.29, 1.82) is 0 Å². The molecule has 0 saturated heterocycles. The molecule has 1 unspecified atom stereocenters. The number of aliphatic hydroxyl groups excluding tert-OH is 1. The van der Waals surface area contributed by atoms with E-state index < -0.39 is 12.1 Å². The van der Waals surface area contributed by atoms with Crippen molar-refractivity contribution in [2.24, 2.45) is 0 Å². The molecule has 80 valence electrons. The van der Waals surface area contributed by atoms with Crippen LogP contribution < -0.4 is 0 Å². The monoisotopic (exact) mass is 206 g/mol. The quantitative estimate of drug-likeness (QED) is 0.790. The molecule has 3 nitrogen and oxygen atoms in total. The van der Waals surface area contributed by atoms with E-state index in [1.165, 1.54) is 6.08 Å². The predicted molar refractivity (Wildman–Crippen MR) is 58.5 cm³/mol. The predicted octanol–water partition coefficient (Wildman–Crippen LogP) is 1.84. The molecule has 0 fully saturated rings. The molecular weight excluding hydrogens is 192 g/mol. The molecule has 15 heavy (non-hydrogen) atoms. The van der Waals surface area contributed by atoms with E-state index in [1.54, 1.807) is 6.08 Å². The number of carboxylic acid groups (broad SMARTS) is 1. The smallest absolute Gasteiger partial charge is 0.306 e. The van der Waals surface area contributed by atoms with E-state index >= 15 is 0 Å². The van der Waals surface area contributed by atoms with Crippen LogP contribution in [-0.4, -0.2) is 22.3 Å². The fourth-order valence-electron chi connectivity index (χ4n) is 1.24. The molecule has 0 heterocycles. The standard InChI is InChI=1S/C12H14O3/c1-9-4-2-3-5-10(9)6-7-11(13)8-12(14)15/h2-7,11,13H,8H2,1H3,(H,14,15). The van der Waals surface area contributed by atoms with Gasteiger partial charge in [-0.15, -0.1) is 0 Å². The van der Waals surface area contributed by atoms with Crippen LogP contribution in [0.1, 0.15) is 17.5 Å². The van der Waals surface area contributed by atoms with Crippen molar-refractivity contribution in [3.63, 3.8) is 0 Å². The number of carbonyl (C=O) groups is 1. The van der Waals surface area contributed by atoms with E-state index in [0.29, 0.717) is 0 Å². The maximum Gasteiger partial charge on any atom is 0.306 e. The lowest BCUT2D eigenvalue weighted by molar-refractivity contribution is -0.138. The van der Waals surface area contributed by atoms with Gasteiger partial charge in [-0.2, -0.15) is 0 Å². The Bertz CT molecular complexity index is 369. The molecule has 0 saturated carbocycles. The van der Waals surface area contributed by atoms with Crippen LogP contribution in [0.5, 0.6) is 0 Å². The Morgan fingerprint density at radius 1 is 1.47 bits per heavy atom. The molecule has 0 aliphatic heterocycles. The lowest BCUT2D eigenvalue weighted by Crippen LogP contribution is -2.09. The third-order valence-electron chi connectivity index (χ3n) is 2.07. The van der Waals surface area contributed by atoms with Crippen molar-refractivity contribution in [3.05, 3.63) is 41.5 Å². The Kier molecular flexibility index (Phi) is 4.06. The molecule has 0 spiro atoms. The van der Waals surface area contributed by atoms with Gasteiger partial charge in [0.25, 0.3) is 0 Å². The number of hydrogen-bond donors (Lipinski definition) is 2. The molecule has 1 atom stereocenters. The van der Waals surface area contributed by atoms with Crippen molar-refractivity contribution < 1.29 is 15.0 Å². The van der Waals surface area contributed by atoms with E-state index in [-0.39, 0.29) is 6.42 Å². The molecule has 1 aromatic carbocycles. The third-order valence-corrected chi connectivity index (χ3v) is 2.07. The van der Waals surface area contributed by atoms with Gasteiger partial charge in [-0.05, 0) is 18.1 Å². The van der Waals surface area contributed by atoms with Gasteiger partial charge in [0.1, 0.15) is 0 Å². The highest BCUT2D eigenvalue weighted by molar-refractivity contribution is 5.68. The van der Waals surface area contributed by atoms with Crippen LogP contribution in [0.4, 0.5) is 0 Å². The Balaban J connectivity index is 2.65. The summed E-state index contributed by atoms with van der Waals surface area (Å²) in [6.45, 7) is 1.96. The summed E-state index contributed by atoms with van der Waals surface area (Å²) in [6, 6.07) is 7.71. The first-order chi connectivity index (χ1) is 7.09. The summed E-state index contributed by atoms with van der Waals surface area (Å²) in [7, 11) is 0. The number of aliphatic hydroxyl groups is 1. The van der Waals surface area contributed by atoms with E-state index in [0.717, 1.165) is 11.1 Å². The Morgan fingerprint density at radius 3 is 2.73 bits per heavy atom. The summed E-state index contributed by atoms with van der Waals surface area (Å²) in [5.74, 6) is -1.00. The fourth-order valence-corrected chi connectivity index (χ4v) is 1.24. The minimum Gasteiger partial charge on any atom is -0.481 e. The van der Waals surface area contributed by atoms with Gasteiger partial charge < -0.3 is 10.2 Å². The van der Waals surface area contributed by atoms with Gasteiger partial charge in [-0.25, -0.2) is 0 Å². The molecular formula is C12H14O3. The molecule has 0 bridgehead atoms. The van der Waals surface area contributed by atoms with Gasteiger partial charge in [0.15, 0.2) is 0 Å². The minimum absolute atomic E-state index is 0.262. The average molecular weight is 206 g/mol. The number of rotatable bonds is 4. The highest BCUT2D eigenvalue weighted by atomic mass is 16.4. The second kappa shape index (κ2) is 5.32. The van der Waals surface area contributed by atoms with Crippen LogP contribution in [0.25, 0.3) is 6.08 Å². The average Bonchev–Trinajstić information content (AvgIpc) is 2.15. The normalized spacial score (nSPS) is 12.9. The highest BCUT2D eigenvalue weighted by Gasteiger charge is 2.04. The Morgan fingerprint density at radius 2 is 2.13 bits per heavy atom. The molecule has 0 aliphatic rings. The lowest BCUT2D eigenvalue weighted by Gasteiger charge is -2.02. The Labute approximate surface area is 88.7 Å². The summed E-state index contributed by atoms with van der Waals surface area (Å²) in [6.07, 6.45) is 2.05. The van der Waals surface area contributed by atoms with Crippen LogP contribution >= 0.6 is 0 Å². The highest BCUT2D eigenvalue weighted by Crippen LogP contribution is 2.09. The van der Waals surface area contributed by atoms with Crippen LogP contribution in [-0.2, 0) is 4.79 Å². The summed E-state index contributed by atoms with van der Waals surface area (Å²) < 4.78 is 0. The van der Waals surface area contributed by atoms with Crippen molar-refractivity contribution in [1.82, 2.24) is 0 Å². The second-order valence-electron chi connectivity index (χ2n) is 3.38. The molecule has 1 rings (SSSR count). The number of aryl methyl sites for hydroxylation is 1. The first-order valence-electron chi connectivity index (χ1n) is 4.73. The number of carboxylic acids is 1. The maximum absolute atomic E-state index is 10.3. The summed E-state index contributed by atoms with van der Waals surface area (Å²) in [5.41, 5.74) is 2.08. The Hall–Kier alpha value is -1.61. The van der Waals surface area contributed by atoms with E-state index in [2.05, 4.69) is 0 Å². The minimum atomic E-state index is -1.00. The molecule has 0 aromatic heterocycles. The molecule has 2 N–H and O–H groups in total. The maximum atomic E-state index is 10.3. The van der Waals surface area contributed by atoms with Crippen LogP contribution in [0, 0.1) is 6.92 Å². The van der Waals surface area contributed by atoms with Crippen molar-refractivity contribution in [3.8, 4) is 0 Å². The first-order valence-corrected chi connectivity index (χ1v) is 4.73. The van der Waals surface area contributed by atoms with E-state index in [1.807, 2.05) is 31.2 Å². The zero-order valence-corrected chi connectivity index (χ0v) is 8.55. The molecule has 1 aromatic rings. The zero-order chi connectivity index (χ0) is 11.3. The number of benzene rings is 1. The lowest BCUT2D eigenvalue weighted by atomic mass is 10.1. The fraction of sp³-hybridized carbons (Fsp3) is 0.250. The van der Waals surface area contributed by atoms with Crippen LogP contribution in [0.3, 0.4) is 0 Å². The molecule has 0 aliphatic carbocycles. The van der Waals surface area contributed by atoms with E-state index in [9.17, 15) is 9.90 Å². The van der Waals surface area contributed by atoms with Gasteiger partial charge in [0.05, 0.1) is 12.5 Å². The number of hydrogen-bond acceptors (Lipinski definition) is 2. The second-order valence-corrected chi connectivity index (χ2v) is 3.38. The third kappa shape index (κ3) is 3.95. The van der Waals surface area contributed by atoms with Gasteiger partial charge in [0, 0.05) is 0 Å². The van der Waals surface area contributed by atoms with Gasteiger partial charge in [-0.1, -0.05) is 36.4 Å². The summed E-state index contributed by atoms with van der Waals surface area (Å²) in [5, 5.41) is 17.7. The van der Waals surface area contributed by atoms with Gasteiger partial charge in [0.2, 0.25) is 0 Å². The first kappa shape index (κ1) is 11.5. The van der Waals surface area contributed by atoms with E-state index in [4.69, 9.17) is 5.11 Å². The van der Waals surface area contributed by atoms with Crippen LogP contribution in [0.2, 0.25) is 0 Å². The molecule has 3 heteroatoms. The van der Waals surface area contributed by atoms with Crippen molar-refractivity contribution in [2.75, 3.05) is 0 Å². The molecule has 0 amide bonds. The van der Waals surface area contributed by atoms with Gasteiger partial charge >= 0.3 is 5.97 Å². The largest absolute Gasteiger partial charge is 0.481 e. The summed E-state index contributed by atoms with van der Waals surface area (Å²) in [4.78, 5) is 10.3.